The van der Waals surface area contributed by atoms with E-state index in [4.69, 9.17) is 0 Å². The average molecular weight is 1040 g/mol. The predicted molar refractivity (Wildman–Crippen MR) is 160 cm³/mol. The SMILES string of the molecule is Fc1c(F)c(C(F)(F)F)c(F)c(F)c1N(c1cc(N(c2c(F)c(F)c(C(F)(F)F)c(F)c2F)c2c(F)c(F)c(C(F)(F)F)c(F)c2F)cc(C(F)(F)F)c1)c1c(F)c(F)c(C(F)(F)F)c(F)c1F. The van der Waals surface area contributed by atoms with Crippen molar-refractivity contribution in [3.63, 3.8) is 0 Å². The highest BCUT2D eigenvalue weighted by molar-refractivity contribution is 5.85. The Kier molecular flexibility index (Phi) is 12.8. The van der Waals surface area contributed by atoms with Crippen LogP contribution in [-0.4, -0.2) is 0 Å². The van der Waals surface area contributed by atoms with Crippen molar-refractivity contribution in [3.05, 3.63) is 139 Å². The quantitative estimate of drug-likeness (QED) is 0.124. The monoisotopic (exact) mass is 1040 g/mol. The molecule has 0 aliphatic carbocycles. The molecule has 0 bridgehead atoms. The van der Waals surface area contributed by atoms with E-state index in [9.17, 15) is 101 Å². The smallest absolute Gasteiger partial charge is 0.300 e. The van der Waals surface area contributed by atoms with Crippen molar-refractivity contribution in [2.75, 3.05) is 9.80 Å². The second-order valence-corrected chi connectivity index (χ2v) is 12.8. The zero-order valence-corrected chi connectivity index (χ0v) is 30.3. The van der Waals surface area contributed by atoms with Crippen LogP contribution in [0.25, 0.3) is 0 Å². The highest BCUT2D eigenvalue weighted by atomic mass is 19.4. The van der Waals surface area contributed by atoms with Crippen LogP contribution >= 0.6 is 0 Å². The Morgan fingerprint density at radius 3 is 0.515 bits per heavy atom. The maximum atomic E-state index is 15.7. The molecule has 0 aliphatic heterocycles. The van der Waals surface area contributed by atoms with Crippen LogP contribution in [0.5, 0.6) is 0 Å². The van der Waals surface area contributed by atoms with Gasteiger partial charge in [-0.2, -0.15) is 65.9 Å². The first-order chi connectivity index (χ1) is 30.6. The molecule has 0 heterocycles. The van der Waals surface area contributed by atoms with Gasteiger partial charge in [-0.25, -0.2) is 70.2 Å². The van der Waals surface area contributed by atoms with Crippen molar-refractivity contribution in [3.8, 4) is 0 Å². The Bertz CT molecular complexity index is 2440. The lowest BCUT2D eigenvalue weighted by Gasteiger charge is -2.32. The lowest BCUT2D eigenvalue weighted by Crippen LogP contribution is -2.26. The van der Waals surface area contributed by atoms with Gasteiger partial charge in [-0.05, 0) is 18.2 Å². The third-order valence-electron chi connectivity index (χ3n) is 8.74. The van der Waals surface area contributed by atoms with Gasteiger partial charge in [-0.3, -0.25) is 9.80 Å². The van der Waals surface area contributed by atoms with Crippen LogP contribution in [0.15, 0.2) is 18.2 Å². The summed E-state index contributed by atoms with van der Waals surface area (Å²) in [4.78, 5) is -3.90. The van der Waals surface area contributed by atoms with Gasteiger partial charge in [-0.15, -0.1) is 0 Å². The molecule has 0 fully saturated rings. The van der Waals surface area contributed by atoms with E-state index in [-0.39, 0.29) is 0 Å². The van der Waals surface area contributed by atoms with Crippen LogP contribution < -0.4 is 9.80 Å². The molecule has 5 aromatic rings. The van der Waals surface area contributed by atoms with Gasteiger partial charge in [0.25, 0.3) is 0 Å². The molecular weight excluding hydrogens is 1040 g/mol. The second kappa shape index (κ2) is 16.6. The van der Waals surface area contributed by atoms with Crippen molar-refractivity contribution in [2.24, 2.45) is 0 Å². The molecule has 0 saturated carbocycles. The molecular formula is C35H3F31N2. The first-order valence-corrected chi connectivity index (χ1v) is 16.2. The van der Waals surface area contributed by atoms with E-state index < -0.39 is 214 Å². The van der Waals surface area contributed by atoms with Crippen LogP contribution in [-0.2, 0) is 30.9 Å². The van der Waals surface area contributed by atoms with Gasteiger partial charge >= 0.3 is 30.9 Å². The van der Waals surface area contributed by atoms with Crippen molar-refractivity contribution in [2.45, 2.75) is 30.9 Å². The largest absolute Gasteiger partial charge is 0.422 e. The molecule has 0 amide bonds. The summed E-state index contributed by atoms with van der Waals surface area (Å²) in [6.07, 6.45) is -33.3. The Morgan fingerprint density at radius 2 is 0.382 bits per heavy atom. The number of rotatable bonds is 6. The Morgan fingerprint density at radius 1 is 0.221 bits per heavy atom. The van der Waals surface area contributed by atoms with E-state index in [0.717, 1.165) is 0 Å². The highest BCUT2D eigenvalue weighted by Gasteiger charge is 2.50. The lowest BCUT2D eigenvalue weighted by atomic mass is 10.0. The predicted octanol–water partition coefficient (Wildman–Crippen LogP) is 15.9. The minimum atomic E-state index is -6.67. The summed E-state index contributed by atoms with van der Waals surface area (Å²) in [6, 6.07) is -3.48. The van der Waals surface area contributed by atoms with Crippen LogP contribution in [0.3, 0.4) is 0 Å². The van der Waals surface area contributed by atoms with E-state index in [1.807, 2.05) is 0 Å². The van der Waals surface area contributed by atoms with Crippen molar-refractivity contribution in [1.82, 2.24) is 0 Å². The molecule has 0 atom stereocenters. The van der Waals surface area contributed by atoms with Gasteiger partial charge in [-0.1, -0.05) is 0 Å². The molecule has 2 nitrogen and oxygen atoms in total. The number of benzene rings is 5. The fraction of sp³-hybridized carbons (Fsp3) is 0.143. The van der Waals surface area contributed by atoms with Crippen LogP contribution in [0, 0.1) is 93.1 Å². The zero-order valence-electron chi connectivity index (χ0n) is 30.3. The standard InChI is InChI=1S/C35H3F31N2/c36-11-7(32(55,56)57)12(37)20(45)27(19(11)44)67(28-21(46)13(38)8(33(58,59)60)14(39)22(28)47)5-1-4(31(52,53)54)2-6(3-5)68(29-23(48)15(40)9(34(61,62)63)16(41)24(29)49)30-25(50)17(42)10(35(64,65)66)18(43)26(30)51/h1-3H. The minimum absolute atomic E-state index is 1.15. The van der Waals surface area contributed by atoms with Gasteiger partial charge in [0.15, 0.2) is 93.1 Å². The summed E-state index contributed by atoms with van der Waals surface area (Å²) in [7, 11) is 0. The third-order valence-corrected chi connectivity index (χ3v) is 8.74. The average Bonchev–Trinajstić information content (AvgIpc) is 3.17. The van der Waals surface area contributed by atoms with Crippen molar-refractivity contribution < 1.29 is 136 Å². The molecule has 0 spiro atoms. The lowest BCUT2D eigenvalue weighted by molar-refractivity contribution is -0.144. The maximum Gasteiger partial charge on any atom is 0.422 e. The Labute approximate surface area is 350 Å². The number of halogens is 31. The molecule has 370 valence electrons. The van der Waals surface area contributed by atoms with Crippen LogP contribution in [0.4, 0.5) is 170 Å². The summed E-state index contributed by atoms with van der Waals surface area (Å²) in [5.74, 6) is -62.3. The Balaban J connectivity index is 2.18. The van der Waals surface area contributed by atoms with Crippen molar-refractivity contribution in [1.29, 1.82) is 0 Å². The van der Waals surface area contributed by atoms with Crippen LogP contribution in [0.1, 0.15) is 27.8 Å². The summed E-state index contributed by atoms with van der Waals surface area (Å²) in [6.45, 7) is 0. The Hall–Kier alpha value is -6.47. The highest BCUT2D eigenvalue weighted by Crippen LogP contribution is 2.53. The first kappa shape index (κ1) is 52.5. The molecule has 68 heavy (non-hydrogen) atoms. The molecule has 5 rings (SSSR count). The first-order valence-electron chi connectivity index (χ1n) is 16.2. The fourth-order valence-electron chi connectivity index (χ4n) is 6.02. The summed E-state index contributed by atoms with van der Waals surface area (Å²) in [5.41, 5.74) is -38.2. The van der Waals surface area contributed by atoms with E-state index in [0.29, 0.717) is 0 Å². The number of nitrogens with zero attached hydrogens (tertiary/aromatic N) is 2. The molecule has 0 aromatic heterocycles. The number of alkyl halides is 15. The van der Waals surface area contributed by atoms with Gasteiger partial charge in [0.2, 0.25) is 0 Å². The maximum absolute atomic E-state index is 15.7. The molecule has 33 heteroatoms. The zero-order chi connectivity index (χ0) is 52.4. The minimum Gasteiger partial charge on any atom is -0.300 e. The van der Waals surface area contributed by atoms with E-state index >= 15 is 35.1 Å². The summed E-state index contributed by atoms with van der Waals surface area (Å²) >= 11 is 0. The topological polar surface area (TPSA) is 6.48 Å². The molecule has 5 aromatic carbocycles. The third kappa shape index (κ3) is 8.43. The molecule has 0 N–H and O–H groups in total. The van der Waals surface area contributed by atoms with Gasteiger partial charge < -0.3 is 0 Å². The van der Waals surface area contributed by atoms with Crippen molar-refractivity contribution >= 4 is 34.1 Å². The van der Waals surface area contributed by atoms with Gasteiger partial charge in [0.1, 0.15) is 45.0 Å². The van der Waals surface area contributed by atoms with E-state index in [1.54, 1.807) is 0 Å². The summed E-state index contributed by atoms with van der Waals surface area (Å²) in [5, 5.41) is 0. The van der Waals surface area contributed by atoms with E-state index in [1.165, 1.54) is 0 Å². The summed E-state index contributed by atoms with van der Waals surface area (Å²) < 4.78 is 450. The van der Waals surface area contributed by atoms with Gasteiger partial charge in [0, 0.05) is 11.4 Å². The number of anilines is 6. The molecule has 0 unspecified atom stereocenters. The normalized spacial score (nSPS) is 12.9. The molecule has 0 saturated heterocycles. The second-order valence-electron chi connectivity index (χ2n) is 12.8. The van der Waals surface area contributed by atoms with Crippen LogP contribution in [0.2, 0.25) is 0 Å². The van der Waals surface area contributed by atoms with E-state index in [2.05, 4.69) is 0 Å². The number of hydrogen-bond acceptors (Lipinski definition) is 2. The van der Waals surface area contributed by atoms with Gasteiger partial charge in [0.05, 0.1) is 5.56 Å². The molecule has 0 radical (unpaired) electrons. The number of hydrogen-bond donors (Lipinski definition) is 0. The fourth-order valence-corrected chi connectivity index (χ4v) is 6.02. The molecule has 0 aliphatic rings.